The summed E-state index contributed by atoms with van der Waals surface area (Å²) in [5.74, 6) is -1.47. The van der Waals surface area contributed by atoms with Gasteiger partial charge in [0.25, 0.3) is 0 Å². The van der Waals surface area contributed by atoms with Crippen molar-refractivity contribution in [2.45, 2.75) is 70.0 Å². The molecule has 3 N–H and O–H groups in total. The predicted molar refractivity (Wildman–Crippen MR) is 136 cm³/mol. The molecule has 9 nitrogen and oxygen atoms in total. The highest BCUT2D eigenvalue weighted by Gasteiger charge is 2.36. The summed E-state index contributed by atoms with van der Waals surface area (Å²) in [6.45, 7) is 0.325. The van der Waals surface area contributed by atoms with Crippen LogP contribution in [0.2, 0.25) is 0 Å². The third-order valence-corrected chi connectivity index (χ3v) is 6.63. The number of hydroxylamine groups is 1. The van der Waals surface area contributed by atoms with Crippen molar-refractivity contribution in [3.05, 3.63) is 71.3 Å². The van der Waals surface area contributed by atoms with Gasteiger partial charge in [0.2, 0.25) is 17.7 Å². The molecule has 0 saturated carbocycles. The molecule has 1 aliphatic rings. The second-order valence-electron chi connectivity index (χ2n) is 9.23. The molecule has 1 heterocycles. The van der Waals surface area contributed by atoms with Crippen LogP contribution in [0.4, 0.5) is 0 Å². The summed E-state index contributed by atoms with van der Waals surface area (Å²) in [4.78, 5) is 51.9. The zero-order valence-corrected chi connectivity index (χ0v) is 21.2. The fourth-order valence-corrected chi connectivity index (χ4v) is 4.59. The molecule has 3 amide bonds. The van der Waals surface area contributed by atoms with Crippen LogP contribution in [-0.2, 0) is 43.3 Å². The summed E-state index contributed by atoms with van der Waals surface area (Å²) in [6, 6.07) is 15.5. The lowest BCUT2D eigenvalue weighted by Gasteiger charge is -2.36. The lowest BCUT2D eigenvalue weighted by Crippen LogP contribution is -2.56. The Morgan fingerprint density at radius 3 is 2.27 bits per heavy atom. The smallest absolute Gasteiger partial charge is 0.328 e. The van der Waals surface area contributed by atoms with E-state index in [0.29, 0.717) is 25.8 Å². The van der Waals surface area contributed by atoms with Crippen molar-refractivity contribution >= 4 is 23.7 Å². The SMILES string of the molecule is COC(=O)[C@H](Cc1ccccc1)NC(=O)[C@@H]1Cc2ccccc2CN1C(=O)CCCCCCC(=O)NO. The number of esters is 1. The maximum absolute atomic E-state index is 13.5. The fourth-order valence-electron chi connectivity index (χ4n) is 4.59. The number of nitrogens with zero attached hydrogens (tertiary/aromatic N) is 1. The number of methoxy groups -OCH3 is 1. The van der Waals surface area contributed by atoms with Crippen LogP contribution >= 0.6 is 0 Å². The number of amides is 3. The van der Waals surface area contributed by atoms with Crippen LogP contribution in [0.15, 0.2) is 54.6 Å². The lowest BCUT2D eigenvalue weighted by atomic mass is 9.92. The summed E-state index contributed by atoms with van der Waals surface area (Å²) in [6.07, 6.45) is 3.93. The van der Waals surface area contributed by atoms with Crippen LogP contribution < -0.4 is 10.8 Å². The predicted octanol–water partition coefficient (Wildman–Crippen LogP) is 2.69. The quantitative estimate of drug-likeness (QED) is 0.175. The third-order valence-electron chi connectivity index (χ3n) is 6.63. The molecule has 37 heavy (non-hydrogen) atoms. The number of ether oxygens (including phenoxy) is 1. The van der Waals surface area contributed by atoms with Gasteiger partial charge < -0.3 is 15.0 Å². The molecule has 0 bridgehead atoms. The number of rotatable bonds is 12. The maximum atomic E-state index is 13.5. The lowest BCUT2D eigenvalue weighted by molar-refractivity contribution is -0.147. The molecule has 0 aliphatic carbocycles. The molecule has 0 spiro atoms. The van der Waals surface area contributed by atoms with E-state index in [9.17, 15) is 19.2 Å². The summed E-state index contributed by atoms with van der Waals surface area (Å²) in [5, 5.41) is 11.4. The number of benzene rings is 2. The van der Waals surface area contributed by atoms with Crippen LogP contribution in [-0.4, -0.2) is 53.0 Å². The Morgan fingerprint density at radius 1 is 0.946 bits per heavy atom. The molecule has 198 valence electrons. The van der Waals surface area contributed by atoms with Crippen molar-refractivity contribution in [1.82, 2.24) is 15.7 Å². The molecule has 0 radical (unpaired) electrons. The van der Waals surface area contributed by atoms with Gasteiger partial charge >= 0.3 is 5.97 Å². The highest BCUT2D eigenvalue weighted by atomic mass is 16.5. The van der Waals surface area contributed by atoms with Gasteiger partial charge in [-0.1, -0.05) is 67.4 Å². The molecule has 2 aromatic rings. The van der Waals surface area contributed by atoms with Crippen LogP contribution in [0.1, 0.15) is 55.2 Å². The molecule has 0 aromatic heterocycles. The van der Waals surface area contributed by atoms with Gasteiger partial charge in [-0.3, -0.25) is 19.6 Å². The van der Waals surface area contributed by atoms with Crippen molar-refractivity contribution in [3.63, 3.8) is 0 Å². The van der Waals surface area contributed by atoms with Crippen molar-refractivity contribution in [2.24, 2.45) is 0 Å². The van der Waals surface area contributed by atoms with Gasteiger partial charge in [-0.25, -0.2) is 10.3 Å². The molecule has 9 heteroatoms. The molecule has 2 atom stereocenters. The highest BCUT2D eigenvalue weighted by Crippen LogP contribution is 2.25. The van der Waals surface area contributed by atoms with Crippen molar-refractivity contribution in [3.8, 4) is 0 Å². The zero-order chi connectivity index (χ0) is 26.6. The molecular formula is C28H35N3O6. The van der Waals surface area contributed by atoms with Gasteiger partial charge in [0.05, 0.1) is 7.11 Å². The minimum absolute atomic E-state index is 0.125. The zero-order valence-electron chi connectivity index (χ0n) is 21.2. The minimum atomic E-state index is -0.870. The summed E-state index contributed by atoms with van der Waals surface area (Å²) >= 11 is 0. The van der Waals surface area contributed by atoms with Crippen molar-refractivity contribution < 1.29 is 29.1 Å². The average Bonchev–Trinajstić information content (AvgIpc) is 2.93. The van der Waals surface area contributed by atoms with E-state index >= 15 is 0 Å². The van der Waals surface area contributed by atoms with Gasteiger partial charge in [-0.15, -0.1) is 0 Å². The van der Waals surface area contributed by atoms with E-state index in [1.54, 1.807) is 10.4 Å². The first-order valence-corrected chi connectivity index (χ1v) is 12.6. The highest BCUT2D eigenvalue weighted by molar-refractivity contribution is 5.91. The first kappa shape index (κ1) is 27.9. The van der Waals surface area contributed by atoms with E-state index in [1.807, 2.05) is 54.6 Å². The van der Waals surface area contributed by atoms with E-state index < -0.39 is 24.0 Å². The van der Waals surface area contributed by atoms with E-state index in [-0.39, 0.29) is 31.1 Å². The Kier molecular flexibility index (Phi) is 10.6. The Hall–Kier alpha value is -3.72. The van der Waals surface area contributed by atoms with Crippen molar-refractivity contribution in [2.75, 3.05) is 7.11 Å². The average molecular weight is 510 g/mol. The minimum Gasteiger partial charge on any atom is -0.467 e. The summed E-state index contributed by atoms with van der Waals surface area (Å²) in [5.41, 5.74) is 4.51. The standard InChI is InChI=1S/C28H35N3O6/c1-37-28(35)23(17-20-11-5-4-6-12-20)29-27(34)24-18-21-13-9-10-14-22(21)19-31(24)26(33)16-8-3-2-7-15-25(32)30-36/h4-6,9-14,23-24,36H,2-3,7-8,15-19H2,1H3,(H,29,34)(H,30,32)/t23-,24-/m0/s1. The second kappa shape index (κ2) is 14.1. The molecule has 0 fully saturated rings. The van der Waals surface area contributed by atoms with Gasteiger partial charge in [0.1, 0.15) is 12.1 Å². The monoisotopic (exact) mass is 509 g/mol. The number of hydrogen-bond donors (Lipinski definition) is 3. The number of unbranched alkanes of at least 4 members (excludes halogenated alkanes) is 3. The molecule has 3 rings (SSSR count). The van der Waals surface area contributed by atoms with Gasteiger partial charge in [-0.2, -0.15) is 0 Å². The first-order valence-electron chi connectivity index (χ1n) is 12.6. The largest absolute Gasteiger partial charge is 0.467 e. The number of carbonyl (C=O) groups excluding carboxylic acids is 4. The van der Waals surface area contributed by atoms with Gasteiger partial charge in [0.15, 0.2) is 0 Å². The van der Waals surface area contributed by atoms with E-state index in [1.165, 1.54) is 7.11 Å². The van der Waals surface area contributed by atoms with Crippen LogP contribution in [0.5, 0.6) is 0 Å². The number of carbonyl (C=O) groups is 4. The Bertz CT molecular complexity index is 1070. The Morgan fingerprint density at radius 2 is 1.59 bits per heavy atom. The van der Waals surface area contributed by atoms with Crippen molar-refractivity contribution in [1.29, 1.82) is 0 Å². The van der Waals surface area contributed by atoms with E-state index in [4.69, 9.17) is 9.94 Å². The second-order valence-corrected chi connectivity index (χ2v) is 9.23. The number of nitrogens with one attached hydrogen (secondary N) is 2. The molecule has 2 aromatic carbocycles. The normalized spacial score (nSPS) is 15.3. The molecule has 0 unspecified atom stereocenters. The number of fused-ring (bicyclic) bond motifs is 1. The topological polar surface area (TPSA) is 125 Å². The Balaban J connectivity index is 1.67. The van der Waals surface area contributed by atoms with E-state index in [0.717, 1.165) is 29.5 Å². The fraction of sp³-hybridized carbons (Fsp3) is 0.429. The molecule has 0 saturated heterocycles. The van der Waals surface area contributed by atoms with Crippen LogP contribution in [0.3, 0.4) is 0 Å². The third kappa shape index (κ3) is 8.15. The first-order chi connectivity index (χ1) is 17.9. The molecule has 1 aliphatic heterocycles. The number of hydrogen-bond acceptors (Lipinski definition) is 6. The van der Waals surface area contributed by atoms with E-state index in [2.05, 4.69) is 5.32 Å². The van der Waals surface area contributed by atoms with Crippen LogP contribution in [0.25, 0.3) is 0 Å². The van der Waals surface area contributed by atoms with Gasteiger partial charge in [-0.05, 0) is 29.5 Å². The molecular weight excluding hydrogens is 474 g/mol. The van der Waals surface area contributed by atoms with Crippen LogP contribution in [0, 0.1) is 0 Å². The van der Waals surface area contributed by atoms with Gasteiger partial charge in [0, 0.05) is 32.2 Å². The Labute approximate surface area is 217 Å². The summed E-state index contributed by atoms with van der Waals surface area (Å²) in [7, 11) is 1.29. The maximum Gasteiger partial charge on any atom is 0.328 e. The summed E-state index contributed by atoms with van der Waals surface area (Å²) < 4.78 is 4.94.